The van der Waals surface area contributed by atoms with E-state index in [1.165, 1.54) is 0 Å². The average molecular weight is 272 g/mol. The minimum atomic E-state index is 0.141. The molecule has 3 nitrogen and oxygen atoms in total. The van der Waals surface area contributed by atoms with Crippen molar-refractivity contribution in [2.24, 2.45) is 5.92 Å². The highest BCUT2D eigenvalue weighted by Gasteiger charge is 2.17. The van der Waals surface area contributed by atoms with Gasteiger partial charge in [0.2, 0.25) is 0 Å². The Balaban J connectivity index is 2.18. The Bertz CT molecular complexity index is 569. The molecule has 1 heterocycles. The third kappa shape index (κ3) is 3.03. The summed E-state index contributed by atoms with van der Waals surface area (Å²) >= 11 is 0. The predicted molar refractivity (Wildman–Crippen MR) is 83.9 cm³/mol. The van der Waals surface area contributed by atoms with E-state index in [0.29, 0.717) is 5.92 Å². The Morgan fingerprint density at radius 1 is 1.20 bits per heavy atom. The summed E-state index contributed by atoms with van der Waals surface area (Å²) in [7, 11) is 0. The van der Waals surface area contributed by atoms with Gasteiger partial charge in [-0.05, 0) is 37.1 Å². The Hall–Kier alpha value is -1.77. The zero-order valence-electron chi connectivity index (χ0n) is 12.6. The van der Waals surface area contributed by atoms with Crippen LogP contribution < -0.4 is 0 Å². The second-order valence-corrected chi connectivity index (χ2v) is 5.31. The van der Waals surface area contributed by atoms with Crippen LogP contribution in [0, 0.1) is 5.92 Å². The number of carbonyl (C=O) groups is 1. The van der Waals surface area contributed by atoms with Gasteiger partial charge in [-0.25, -0.2) is 0 Å². The molecule has 108 valence electrons. The van der Waals surface area contributed by atoms with Crippen molar-refractivity contribution >= 4 is 16.8 Å². The number of aromatic nitrogens is 1. The Morgan fingerprint density at radius 3 is 2.60 bits per heavy atom. The second-order valence-electron chi connectivity index (χ2n) is 5.31. The first-order valence-corrected chi connectivity index (χ1v) is 7.55. The van der Waals surface area contributed by atoms with Crippen molar-refractivity contribution in [2.75, 3.05) is 13.1 Å². The summed E-state index contributed by atoms with van der Waals surface area (Å²) in [6.45, 7) is 8.06. The van der Waals surface area contributed by atoms with E-state index in [4.69, 9.17) is 0 Å². The van der Waals surface area contributed by atoms with Crippen LogP contribution in [0.15, 0.2) is 30.5 Å². The third-order valence-electron chi connectivity index (χ3n) is 4.10. The van der Waals surface area contributed by atoms with Crippen molar-refractivity contribution in [1.29, 1.82) is 0 Å². The van der Waals surface area contributed by atoms with E-state index in [2.05, 4.69) is 25.8 Å². The van der Waals surface area contributed by atoms with Crippen molar-refractivity contribution < 1.29 is 4.79 Å². The van der Waals surface area contributed by atoms with Gasteiger partial charge in [0.15, 0.2) is 0 Å². The number of hydrogen-bond donors (Lipinski definition) is 1. The van der Waals surface area contributed by atoms with Crippen molar-refractivity contribution in [1.82, 2.24) is 9.88 Å². The van der Waals surface area contributed by atoms with Gasteiger partial charge < -0.3 is 9.88 Å². The molecule has 1 amide bonds. The molecule has 1 aromatic carbocycles. The number of hydrogen-bond acceptors (Lipinski definition) is 1. The molecule has 0 aliphatic carbocycles. The monoisotopic (exact) mass is 272 g/mol. The fraction of sp³-hybridized carbons (Fsp3) is 0.471. The lowest BCUT2D eigenvalue weighted by Crippen LogP contribution is -2.35. The van der Waals surface area contributed by atoms with Crippen LogP contribution in [-0.4, -0.2) is 28.9 Å². The maximum atomic E-state index is 12.6. The van der Waals surface area contributed by atoms with E-state index >= 15 is 0 Å². The van der Waals surface area contributed by atoms with Gasteiger partial charge >= 0.3 is 0 Å². The molecule has 0 bridgehead atoms. The number of nitrogens with one attached hydrogen (secondary N) is 1. The van der Waals surface area contributed by atoms with Crippen molar-refractivity contribution in [2.45, 2.75) is 33.6 Å². The van der Waals surface area contributed by atoms with Crippen LogP contribution in [0.1, 0.15) is 44.0 Å². The number of nitrogens with zero attached hydrogens (tertiary/aromatic N) is 1. The molecule has 2 rings (SSSR count). The molecular formula is C17H24N2O. The average Bonchev–Trinajstić information content (AvgIpc) is 2.95. The van der Waals surface area contributed by atoms with E-state index in [-0.39, 0.29) is 5.91 Å². The standard InChI is InChI=1S/C17H24N2O/c1-4-13(5-2)12-19(6-3)17(20)15-7-8-16-14(11-15)9-10-18-16/h7-11,13,18H,4-6,12H2,1-3H3. The molecule has 20 heavy (non-hydrogen) atoms. The van der Waals surface area contributed by atoms with E-state index in [0.717, 1.165) is 42.4 Å². The highest BCUT2D eigenvalue weighted by atomic mass is 16.2. The second kappa shape index (κ2) is 6.60. The zero-order valence-corrected chi connectivity index (χ0v) is 12.6. The number of amides is 1. The zero-order chi connectivity index (χ0) is 14.5. The quantitative estimate of drug-likeness (QED) is 0.845. The molecule has 0 saturated carbocycles. The molecule has 1 N–H and O–H groups in total. The van der Waals surface area contributed by atoms with Gasteiger partial charge in [-0.1, -0.05) is 26.7 Å². The molecule has 1 aromatic heterocycles. The number of benzene rings is 1. The summed E-state index contributed by atoms with van der Waals surface area (Å²) in [5.74, 6) is 0.734. The van der Waals surface area contributed by atoms with E-state index in [1.807, 2.05) is 35.4 Å². The SMILES string of the molecule is CCC(CC)CN(CC)C(=O)c1ccc2[nH]ccc2c1. The third-order valence-corrected chi connectivity index (χ3v) is 4.10. The van der Waals surface area contributed by atoms with Gasteiger partial charge in [0, 0.05) is 35.8 Å². The van der Waals surface area contributed by atoms with E-state index in [9.17, 15) is 4.79 Å². The van der Waals surface area contributed by atoms with Crippen molar-refractivity contribution in [3.8, 4) is 0 Å². The van der Waals surface area contributed by atoms with Gasteiger partial charge in [-0.3, -0.25) is 4.79 Å². The fourth-order valence-corrected chi connectivity index (χ4v) is 2.58. The van der Waals surface area contributed by atoms with Gasteiger partial charge in [-0.2, -0.15) is 0 Å². The number of carbonyl (C=O) groups excluding carboxylic acids is 1. The lowest BCUT2D eigenvalue weighted by molar-refractivity contribution is 0.0735. The van der Waals surface area contributed by atoms with Gasteiger partial charge in [0.05, 0.1) is 0 Å². The molecule has 0 spiro atoms. The van der Waals surface area contributed by atoms with Gasteiger partial charge in [0.25, 0.3) is 5.91 Å². The Kier molecular flexibility index (Phi) is 4.83. The summed E-state index contributed by atoms with van der Waals surface area (Å²) in [6, 6.07) is 7.87. The van der Waals surface area contributed by atoms with Crippen LogP contribution in [0.5, 0.6) is 0 Å². The summed E-state index contributed by atoms with van der Waals surface area (Å²) in [6.07, 6.45) is 4.15. The minimum absolute atomic E-state index is 0.141. The fourth-order valence-electron chi connectivity index (χ4n) is 2.58. The van der Waals surface area contributed by atoms with E-state index < -0.39 is 0 Å². The number of H-pyrrole nitrogens is 1. The molecule has 0 aliphatic heterocycles. The Labute approximate surface area is 121 Å². The van der Waals surface area contributed by atoms with Crippen LogP contribution in [0.3, 0.4) is 0 Å². The van der Waals surface area contributed by atoms with Crippen LogP contribution in [-0.2, 0) is 0 Å². The lowest BCUT2D eigenvalue weighted by atomic mass is 10.0. The summed E-state index contributed by atoms with van der Waals surface area (Å²) < 4.78 is 0. The van der Waals surface area contributed by atoms with Crippen LogP contribution in [0.25, 0.3) is 10.9 Å². The predicted octanol–water partition coefficient (Wildman–Crippen LogP) is 4.07. The molecule has 0 atom stereocenters. The normalized spacial score (nSPS) is 11.2. The maximum Gasteiger partial charge on any atom is 0.253 e. The van der Waals surface area contributed by atoms with Crippen LogP contribution >= 0.6 is 0 Å². The molecule has 2 aromatic rings. The van der Waals surface area contributed by atoms with Crippen LogP contribution in [0.4, 0.5) is 0 Å². The molecule has 0 unspecified atom stereocenters. The van der Waals surface area contributed by atoms with Crippen LogP contribution in [0.2, 0.25) is 0 Å². The molecule has 0 fully saturated rings. The molecule has 0 saturated heterocycles. The Morgan fingerprint density at radius 2 is 1.95 bits per heavy atom. The molecule has 3 heteroatoms. The van der Waals surface area contributed by atoms with Gasteiger partial charge in [-0.15, -0.1) is 0 Å². The van der Waals surface area contributed by atoms with Gasteiger partial charge in [0.1, 0.15) is 0 Å². The van der Waals surface area contributed by atoms with Crippen molar-refractivity contribution in [3.63, 3.8) is 0 Å². The minimum Gasteiger partial charge on any atom is -0.361 e. The summed E-state index contributed by atoms with van der Waals surface area (Å²) in [4.78, 5) is 17.7. The first-order valence-electron chi connectivity index (χ1n) is 7.55. The van der Waals surface area contributed by atoms with E-state index in [1.54, 1.807) is 0 Å². The number of aromatic amines is 1. The molecular weight excluding hydrogens is 248 g/mol. The lowest BCUT2D eigenvalue weighted by Gasteiger charge is -2.25. The first-order chi connectivity index (χ1) is 9.69. The highest BCUT2D eigenvalue weighted by molar-refractivity contribution is 5.98. The number of rotatable bonds is 6. The first kappa shape index (κ1) is 14.6. The summed E-state index contributed by atoms with van der Waals surface area (Å²) in [5.41, 5.74) is 1.86. The molecule has 0 radical (unpaired) electrons. The highest BCUT2D eigenvalue weighted by Crippen LogP contribution is 2.17. The summed E-state index contributed by atoms with van der Waals surface area (Å²) in [5, 5.41) is 1.09. The van der Waals surface area contributed by atoms with Crippen molar-refractivity contribution in [3.05, 3.63) is 36.0 Å². The number of fused-ring (bicyclic) bond motifs is 1. The largest absolute Gasteiger partial charge is 0.361 e. The smallest absolute Gasteiger partial charge is 0.253 e. The maximum absolute atomic E-state index is 12.6. The topological polar surface area (TPSA) is 36.1 Å². The molecule has 0 aliphatic rings.